The first-order valence-corrected chi connectivity index (χ1v) is 8.18. The quantitative estimate of drug-likeness (QED) is 0.421. The van der Waals surface area contributed by atoms with Crippen molar-refractivity contribution in [1.82, 2.24) is 0 Å². The van der Waals surface area contributed by atoms with Gasteiger partial charge in [0.25, 0.3) is 0 Å². The molecule has 0 heterocycles. The number of hydrogen-bond acceptors (Lipinski definition) is 0. The van der Waals surface area contributed by atoms with E-state index in [9.17, 15) is 0 Å². The summed E-state index contributed by atoms with van der Waals surface area (Å²) in [5.41, 5.74) is 3.89. The third kappa shape index (κ3) is 6.29. The summed E-state index contributed by atoms with van der Waals surface area (Å²) in [5.74, 6) is 0. The summed E-state index contributed by atoms with van der Waals surface area (Å²) in [7, 11) is 0. The molecule has 1 aliphatic carbocycles. The zero-order valence-corrected chi connectivity index (χ0v) is 19.3. The van der Waals surface area contributed by atoms with Crippen LogP contribution in [-0.4, -0.2) is 0 Å². The fourth-order valence-electron chi connectivity index (χ4n) is 2.62. The van der Waals surface area contributed by atoms with Gasteiger partial charge in [0, 0.05) is 0 Å². The van der Waals surface area contributed by atoms with E-state index in [0.717, 1.165) is 6.42 Å². The third-order valence-corrected chi connectivity index (χ3v) is 4.34. The van der Waals surface area contributed by atoms with E-state index in [2.05, 4.69) is 89.6 Å². The minimum atomic E-state index is 0. The molecule has 0 fully saturated rings. The van der Waals surface area contributed by atoms with Crippen molar-refractivity contribution in [2.45, 2.75) is 13.3 Å². The van der Waals surface area contributed by atoms with Gasteiger partial charge in [0.15, 0.2) is 0 Å². The molecule has 1 aliphatic rings. The molecule has 0 spiro atoms. The molecule has 0 saturated heterocycles. The Bertz CT molecular complexity index is 826. The summed E-state index contributed by atoms with van der Waals surface area (Å²) in [4.78, 5) is 0. The second-order valence-corrected chi connectivity index (χ2v) is 6.18. The van der Waals surface area contributed by atoms with E-state index < -0.39 is 0 Å². The number of halogens is 3. The van der Waals surface area contributed by atoms with Crippen molar-refractivity contribution in [3.63, 3.8) is 0 Å². The molecule has 3 aromatic carbocycles. The van der Waals surface area contributed by atoms with Crippen LogP contribution in [-0.2, 0) is 26.2 Å². The summed E-state index contributed by atoms with van der Waals surface area (Å²) in [6.07, 6.45) is 10.0. The molecule has 3 aromatic rings. The van der Waals surface area contributed by atoms with Gasteiger partial charge in [-0.15, -0.1) is 44.8 Å². The Labute approximate surface area is 189 Å². The van der Waals surface area contributed by atoms with Gasteiger partial charge in [0.1, 0.15) is 0 Å². The van der Waals surface area contributed by atoms with E-state index in [1.807, 2.05) is 12.2 Å². The summed E-state index contributed by atoms with van der Waals surface area (Å²) < 4.78 is 1.17. The van der Waals surface area contributed by atoms with Crippen molar-refractivity contribution in [2.24, 2.45) is 0 Å². The van der Waals surface area contributed by atoms with Gasteiger partial charge in [-0.3, -0.25) is 6.08 Å². The molecule has 0 nitrogen and oxygen atoms in total. The van der Waals surface area contributed by atoms with Crippen molar-refractivity contribution in [3.05, 3.63) is 88.9 Å². The molecule has 0 bridgehead atoms. The number of hydrogen-bond donors (Lipinski definition) is 0. The zero-order chi connectivity index (χ0) is 15.4. The van der Waals surface area contributed by atoms with Crippen molar-refractivity contribution >= 4 is 26.7 Å². The minimum Gasteiger partial charge on any atom is -1.00 e. The fourth-order valence-corrected chi connectivity index (χ4v) is 3.08. The summed E-state index contributed by atoms with van der Waals surface area (Å²) in [6.45, 7) is 2.14. The van der Waals surface area contributed by atoms with Crippen LogP contribution in [0.1, 0.15) is 12.0 Å². The summed E-state index contributed by atoms with van der Waals surface area (Å²) in [5, 5.41) is 2.62. The largest absolute Gasteiger partial charge is 4.00 e. The van der Waals surface area contributed by atoms with Crippen LogP contribution in [0.25, 0.3) is 21.9 Å². The molecule has 0 atom stereocenters. The van der Waals surface area contributed by atoms with Gasteiger partial charge in [0.05, 0.1) is 0 Å². The molecule has 0 aliphatic heterocycles. The van der Waals surface area contributed by atoms with Crippen LogP contribution in [0, 0.1) is 13.0 Å². The number of allylic oxidation sites excluding steroid dienone is 4. The first-order chi connectivity index (χ1) is 10.8. The van der Waals surface area contributed by atoms with Gasteiger partial charge >= 0.3 is 26.2 Å². The van der Waals surface area contributed by atoms with E-state index in [4.69, 9.17) is 0 Å². The molecule has 0 N–H and O–H groups in total. The Morgan fingerprint density at radius 1 is 1.04 bits per heavy atom. The average molecular weight is 511 g/mol. The van der Waals surface area contributed by atoms with Crippen LogP contribution in [0.4, 0.5) is 0 Å². The monoisotopic (exact) mass is 508 g/mol. The maximum Gasteiger partial charge on any atom is 4.00 e. The van der Waals surface area contributed by atoms with E-state index in [0.29, 0.717) is 0 Å². The predicted octanol–water partition coefficient (Wildman–Crippen LogP) is 0.608. The van der Waals surface area contributed by atoms with E-state index in [1.54, 1.807) is 0 Å². The van der Waals surface area contributed by atoms with Gasteiger partial charge in [-0.05, 0) is 5.56 Å². The van der Waals surface area contributed by atoms with Gasteiger partial charge < -0.3 is 24.8 Å². The van der Waals surface area contributed by atoms with Gasteiger partial charge in [-0.25, -0.2) is 12.2 Å². The van der Waals surface area contributed by atoms with Crippen molar-refractivity contribution < 1.29 is 51.0 Å². The molecule has 4 heteroatoms. The molecule has 126 valence electrons. The van der Waals surface area contributed by atoms with E-state index in [-0.39, 0.29) is 51.0 Å². The first kappa shape index (κ1) is 24.5. The van der Waals surface area contributed by atoms with E-state index >= 15 is 0 Å². The topological polar surface area (TPSA) is 0 Å². The summed E-state index contributed by atoms with van der Waals surface area (Å²) in [6, 6.07) is 19.3. The third-order valence-electron chi connectivity index (χ3n) is 3.65. The van der Waals surface area contributed by atoms with Crippen LogP contribution in [0.15, 0.2) is 77.3 Å². The van der Waals surface area contributed by atoms with Gasteiger partial charge in [0.2, 0.25) is 0 Å². The van der Waals surface area contributed by atoms with Crippen LogP contribution in [0.2, 0.25) is 0 Å². The molecule has 0 amide bonds. The molecule has 0 saturated carbocycles. The zero-order valence-electron chi connectivity index (χ0n) is 13.8. The van der Waals surface area contributed by atoms with Crippen LogP contribution in [0.5, 0.6) is 0 Å². The second kappa shape index (κ2) is 12.0. The normalized spacial score (nSPS) is 11.0. The molecule has 0 aromatic heterocycles. The first-order valence-electron chi connectivity index (χ1n) is 7.38. The standard InChI is InChI=1S/C16H12Br.C5H5.2ClH.Zr/c1-11-9-14-13(12-5-3-2-4-6-12)7-8-16(17)15(14)10-11;1-2-4-5-3-1;;;/h2-10H,1H3;1-3H,4H2;2*1H;/q2*-1;;;+4/p-2. The smallest absolute Gasteiger partial charge is 1.00 e. The van der Waals surface area contributed by atoms with Gasteiger partial charge in [-0.2, -0.15) is 12.1 Å². The second-order valence-electron chi connectivity index (χ2n) is 5.32. The fraction of sp³-hybridized carbons (Fsp3) is 0.0952. The van der Waals surface area contributed by atoms with Crippen LogP contribution in [0.3, 0.4) is 0 Å². The Kier molecular flexibility index (Phi) is 11.7. The van der Waals surface area contributed by atoms with Crippen molar-refractivity contribution in [2.75, 3.05) is 0 Å². The number of rotatable bonds is 1. The van der Waals surface area contributed by atoms with Gasteiger partial charge in [-0.1, -0.05) is 59.4 Å². The van der Waals surface area contributed by atoms with Crippen molar-refractivity contribution in [3.8, 4) is 11.1 Å². The van der Waals surface area contributed by atoms with Crippen LogP contribution < -0.4 is 24.8 Å². The molecule has 4 rings (SSSR count). The Balaban J connectivity index is 0.000000630. The molecular weight excluding hydrogens is 494 g/mol. The maximum atomic E-state index is 3.62. The number of benzene rings is 2. The Morgan fingerprint density at radius 2 is 1.76 bits per heavy atom. The summed E-state index contributed by atoms with van der Waals surface area (Å²) >= 11 is 3.62. The Hall–Kier alpha value is -0.527. The average Bonchev–Trinajstić information content (AvgIpc) is 3.21. The molecule has 0 radical (unpaired) electrons. The van der Waals surface area contributed by atoms with E-state index in [1.165, 1.54) is 31.9 Å². The SMILES string of the molecule is Cc1cc2c(-c3ccccc3)ccc(Br)c2[cH-]1.[C-]1=CC=CC1.[Cl-].[Cl-].[Zr+4]. The van der Waals surface area contributed by atoms with Crippen molar-refractivity contribution in [1.29, 1.82) is 0 Å². The molecular formula is C21H17BrCl2Zr. The maximum absolute atomic E-state index is 3.62. The predicted molar refractivity (Wildman–Crippen MR) is 99.0 cm³/mol. The minimum absolute atomic E-state index is 0. The molecule has 25 heavy (non-hydrogen) atoms. The Morgan fingerprint density at radius 3 is 2.32 bits per heavy atom. The molecule has 0 unspecified atom stereocenters. The van der Waals surface area contributed by atoms with Crippen LogP contribution >= 0.6 is 15.9 Å². The number of aryl methyl sites for hydroxylation is 1. The number of fused-ring (bicyclic) bond motifs is 1.